The van der Waals surface area contributed by atoms with E-state index >= 15 is 0 Å². The topological polar surface area (TPSA) is 112 Å². The van der Waals surface area contributed by atoms with E-state index in [0.717, 1.165) is 25.1 Å². The molecule has 3 atom stereocenters. The maximum absolute atomic E-state index is 12.1. The predicted molar refractivity (Wildman–Crippen MR) is 94.7 cm³/mol. The van der Waals surface area contributed by atoms with Crippen LogP contribution in [-0.4, -0.2) is 44.7 Å². The van der Waals surface area contributed by atoms with E-state index in [0.29, 0.717) is 12.2 Å². The van der Waals surface area contributed by atoms with E-state index in [2.05, 4.69) is 33.5 Å². The highest BCUT2D eigenvalue weighted by atomic mass is 16.5. The number of amides is 2. The number of benzene rings is 1. The number of ether oxygens (including phenoxy) is 1. The summed E-state index contributed by atoms with van der Waals surface area (Å²) in [7, 11) is 1.61. The first-order chi connectivity index (χ1) is 11.6. The van der Waals surface area contributed by atoms with E-state index in [-0.39, 0.29) is 24.5 Å². The van der Waals surface area contributed by atoms with Gasteiger partial charge in [0.25, 0.3) is 0 Å². The second-order valence-electron chi connectivity index (χ2n) is 5.88. The fourth-order valence-corrected chi connectivity index (χ4v) is 2.60. The Labute approximate surface area is 142 Å². The van der Waals surface area contributed by atoms with Crippen LogP contribution in [0.4, 0.5) is 10.5 Å². The van der Waals surface area contributed by atoms with Crippen LogP contribution in [0.15, 0.2) is 24.3 Å². The highest BCUT2D eigenvalue weighted by molar-refractivity contribution is 5.89. The number of urea groups is 1. The molecule has 134 valence electrons. The lowest BCUT2D eigenvalue weighted by molar-refractivity contribution is 0.193. The van der Waals surface area contributed by atoms with Gasteiger partial charge in [-0.25, -0.2) is 4.79 Å². The Balaban J connectivity index is 1.80. The summed E-state index contributed by atoms with van der Waals surface area (Å²) in [6, 6.07) is 7.19. The van der Waals surface area contributed by atoms with Crippen LogP contribution in [0.3, 0.4) is 0 Å². The van der Waals surface area contributed by atoms with Crippen molar-refractivity contribution >= 4 is 11.7 Å². The number of nitrogens with one attached hydrogen (secondary N) is 5. The van der Waals surface area contributed by atoms with Crippen LogP contribution in [0.1, 0.15) is 19.8 Å². The molecule has 3 unspecified atom stereocenters. The molecule has 2 rings (SSSR count). The summed E-state index contributed by atoms with van der Waals surface area (Å²) >= 11 is 0. The number of rotatable bonds is 7. The van der Waals surface area contributed by atoms with Gasteiger partial charge >= 0.3 is 6.03 Å². The Hall–Kier alpha value is -1.87. The molecule has 0 bridgehead atoms. The Morgan fingerprint density at radius 3 is 2.75 bits per heavy atom. The number of carbonyl (C=O) groups excluding carboxylic acids is 1. The third kappa shape index (κ3) is 5.97. The summed E-state index contributed by atoms with van der Waals surface area (Å²) in [5.41, 5.74) is 6.21. The van der Waals surface area contributed by atoms with Gasteiger partial charge < -0.3 is 26.4 Å². The summed E-state index contributed by atoms with van der Waals surface area (Å²) in [5, 5.41) is 15.7. The van der Waals surface area contributed by atoms with E-state index in [1.807, 2.05) is 0 Å². The molecule has 0 radical (unpaired) electrons. The van der Waals surface area contributed by atoms with Crippen LogP contribution in [-0.2, 0) is 0 Å². The molecular weight excluding hydrogens is 308 g/mol. The molecule has 8 heteroatoms. The first-order valence-electron chi connectivity index (χ1n) is 8.28. The highest BCUT2D eigenvalue weighted by Gasteiger charge is 2.25. The lowest BCUT2D eigenvalue weighted by Gasteiger charge is -2.36. The van der Waals surface area contributed by atoms with Crippen molar-refractivity contribution in [2.75, 3.05) is 25.5 Å². The number of methoxy groups -OCH3 is 1. The first-order valence-corrected chi connectivity index (χ1v) is 8.28. The van der Waals surface area contributed by atoms with Crippen molar-refractivity contribution < 1.29 is 9.53 Å². The Kier molecular flexibility index (Phi) is 7.26. The zero-order chi connectivity index (χ0) is 17.4. The average Bonchev–Trinajstić information content (AvgIpc) is 2.55. The van der Waals surface area contributed by atoms with Crippen LogP contribution in [0.5, 0.6) is 5.75 Å². The molecule has 1 aliphatic heterocycles. The van der Waals surface area contributed by atoms with E-state index in [9.17, 15) is 4.79 Å². The van der Waals surface area contributed by atoms with Crippen LogP contribution >= 0.6 is 0 Å². The molecule has 1 fully saturated rings. The van der Waals surface area contributed by atoms with Gasteiger partial charge in [-0.15, -0.1) is 0 Å². The molecule has 8 nitrogen and oxygen atoms in total. The Bertz CT molecular complexity index is 510. The van der Waals surface area contributed by atoms with Crippen molar-refractivity contribution in [3.05, 3.63) is 24.3 Å². The second kappa shape index (κ2) is 9.43. The summed E-state index contributed by atoms with van der Waals surface area (Å²) in [6.45, 7) is 3.61. The monoisotopic (exact) mass is 336 g/mol. The molecule has 24 heavy (non-hydrogen) atoms. The molecule has 1 aromatic rings. The molecule has 1 aromatic carbocycles. The van der Waals surface area contributed by atoms with E-state index in [4.69, 9.17) is 10.5 Å². The SMILES string of the molecule is COc1ccc(NC(=O)NC2NC(C)CC(NCCCN)N2)cc1. The van der Waals surface area contributed by atoms with Crippen LogP contribution < -0.4 is 37.1 Å². The van der Waals surface area contributed by atoms with Gasteiger partial charge in [-0.05, 0) is 57.1 Å². The number of carbonyl (C=O) groups is 1. The first kappa shape index (κ1) is 18.5. The van der Waals surface area contributed by atoms with E-state index < -0.39 is 0 Å². The third-order valence-corrected chi connectivity index (χ3v) is 3.80. The summed E-state index contributed by atoms with van der Waals surface area (Å²) in [5.74, 6) is 0.747. The minimum Gasteiger partial charge on any atom is -0.497 e. The van der Waals surface area contributed by atoms with Gasteiger partial charge in [-0.3, -0.25) is 10.6 Å². The van der Waals surface area contributed by atoms with Gasteiger partial charge in [-0.1, -0.05) is 0 Å². The maximum atomic E-state index is 12.1. The number of nitrogens with two attached hydrogens (primary N) is 1. The smallest absolute Gasteiger partial charge is 0.321 e. The molecule has 1 heterocycles. The second-order valence-corrected chi connectivity index (χ2v) is 5.88. The number of anilines is 1. The van der Waals surface area contributed by atoms with Gasteiger partial charge in [0, 0.05) is 11.7 Å². The standard InChI is InChI=1S/C16H28N6O2/c1-11-10-14(18-9-3-8-17)21-15(19-11)22-16(23)20-12-4-6-13(24-2)7-5-12/h4-7,11,14-15,18-19,21H,3,8-10,17H2,1-2H3,(H2,20,22,23). The molecule has 0 aliphatic carbocycles. The van der Waals surface area contributed by atoms with E-state index in [1.165, 1.54) is 0 Å². The number of hydrogen-bond donors (Lipinski definition) is 6. The maximum Gasteiger partial charge on any atom is 0.321 e. The van der Waals surface area contributed by atoms with E-state index in [1.54, 1.807) is 31.4 Å². The third-order valence-electron chi connectivity index (χ3n) is 3.80. The molecule has 0 spiro atoms. The lowest BCUT2D eigenvalue weighted by Crippen LogP contribution is -2.67. The predicted octanol–water partition coefficient (Wildman–Crippen LogP) is 0.336. The summed E-state index contributed by atoms with van der Waals surface area (Å²) in [6.07, 6.45) is 1.69. The van der Waals surface area contributed by atoms with Gasteiger partial charge in [0.05, 0.1) is 13.3 Å². The molecule has 0 saturated carbocycles. The van der Waals surface area contributed by atoms with Crippen molar-refractivity contribution in [1.29, 1.82) is 0 Å². The number of hydrogen-bond acceptors (Lipinski definition) is 6. The van der Waals surface area contributed by atoms with Gasteiger partial charge in [0.2, 0.25) is 0 Å². The van der Waals surface area contributed by atoms with Gasteiger partial charge in [-0.2, -0.15) is 0 Å². The highest BCUT2D eigenvalue weighted by Crippen LogP contribution is 2.14. The van der Waals surface area contributed by atoms with Crippen LogP contribution in [0.2, 0.25) is 0 Å². The summed E-state index contributed by atoms with van der Waals surface area (Å²) < 4.78 is 5.10. The largest absolute Gasteiger partial charge is 0.497 e. The Morgan fingerprint density at radius 2 is 2.08 bits per heavy atom. The Morgan fingerprint density at radius 1 is 1.33 bits per heavy atom. The van der Waals surface area contributed by atoms with Crippen LogP contribution in [0.25, 0.3) is 0 Å². The fraction of sp³-hybridized carbons (Fsp3) is 0.562. The molecule has 2 amide bonds. The molecular formula is C16H28N6O2. The van der Waals surface area contributed by atoms with Crippen molar-refractivity contribution in [2.24, 2.45) is 5.73 Å². The minimum absolute atomic E-state index is 0.138. The molecule has 1 aliphatic rings. The van der Waals surface area contributed by atoms with Crippen molar-refractivity contribution in [3.63, 3.8) is 0 Å². The zero-order valence-electron chi connectivity index (χ0n) is 14.3. The quantitative estimate of drug-likeness (QED) is 0.400. The molecule has 1 saturated heterocycles. The van der Waals surface area contributed by atoms with Gasteiger partial charge in [0.15, 0.2) is 0 Å². The normalized spacial score (nSPS) is 23.5. The van der Waals surface area contributed by atoms with Crippen LogP contribution in [0, 0.1) is 0 Å². The molecule has 7 N–H and O–H groups in total. The minimum atomic E-state index is -0.303. The average molecular weight is 336 g/mol. The van der Waals surface area contributed by atoms with Crippen molar-refractivity contribution in [1.82, 2.24) is 21.3 Å². The van der Waals surface area contributed by atoms with Crippen molar-refractivity contribution in [3.8, 4) is 5.75 Å². The lowest BCUT2D eigenvalue weighted by atomic mass is 10.1. The zero-order valence-corrected chi connectivity index (χ0v) is 14.3. The molecule has 0 aromatic heterocycles. The fourth-order valence-electron chi connectivity index (χ4n) is 2.60. The summed E-state index contributed by atoms with van der Waals surface area (Å²) in [4.78, 5) is 12.1. The van der Waals surface area contributed by atoms with Crippen molar-refractivity contribution in [2.45, 2.75) is 38.3 Å². The van der Waals surface area contributed by atoms with Gasteiger partial charge in [0.1, 0.15) is 12.0 Å².